The van der Waals surface area contributed by atoms with E-state index < -0.39 is 0 Å². The van der Waals surface area contributed by atoms with E-state index in [1.54, 1.807) is 11.9 Å². The summed E-state index contributed by atoms with van der Waals surface area (Å²) in [6, 6.07) is 19.8. The maximum Gasteiger partial charge on any atom is 0.323 e. The number of nitrogens with one attached hydrogen (secondary N) is 1. The molecular formula is C20H22N4O. The van der Waals surface area contributed by atoms with Gasteiger partial charge in [0.2, 0.25) is 0 Å². The Morgan fingerprint density at radius 2 is 1.80 bits per heavy atom. The average molecular weight is 334 g/mol. The lowest BCUT2D eigenvalue weighted by atomic mass is 10.1. The number of rotatable bonds is 5. The molecule has 0 bridgehead atoms. The second-order valence-electron chi connectivity index (χ2n) is 6.10. The number of anilines is 1. The molecular weight excluding hydrogens is 312 g/mol. The lowest BCUT2D eigenvalue weighted by Crippen LogP contribution is -2.31. The van der Waals surface area contributed by atoms with Crippen molar-refractivity contribution in [3.05, 3.63) is 83.6 Å². The number of hydrogen-bond donors (Lipinski definition) is 1. The predicted octanol–water partition coefficient (Wildman–Crippen LogP) is 3.90. The van der Waals surface area contributed by atoms with E-state index in [1.807, 2.05) is 66.3 Å². The number of carbonyl (C=O) groups is 1. The van der Waals surface area contributed by atoms with Gasteiger partial charge in [0.15, 0.2) is 5.82 Å². The number of benzene rings is 2. The maximum absolute atomic E-state index is 12.4. The largest absolute Gasteiger partial charge is 0.323 e. The molecule has 0 fully saturated rings. The second-order valence-corrected chi connectivity index (χ2v) is 6.10. The highest BCUT2D eigenvalue weighted by molar-refractivity contribution is 5.88. The number of urea groups is 1. The van der Waals surface area contributed by atoms with E-state index >= 15 is 0 Å². The summed E-state index contributed by atoms with van der Waals surface area (Å²) in [5.41, 5.74) is 3.48. The molecule has 0 atom stereocenters. The molecule has 3 aromatic rings. The van der Waals surface area contributed by atoms with Gasteiger partial charge in [0.05, 0.1) is 6.54 Å². The molecule has 2 amide bonds. The van der Waals surface area contributed by atoms with E-state index in [0.29, 0.717) is 18.9 Å². The van der Waals surface area contributed by atoms with E-state index in [2.05, 4.69) is 22.5 Å². The van der Waals surface area contributed by atoms with Crippen molar-refractivity contribution in [2.75, 3.05) is 12.4 Å². The zero-order valence-corrected chi connectivity index (χ0v) is 14.5. The molecule has 5 heteroatoms. The summed E-state index contributed by atoms with van der Waals surface area (Å²) in [6.07, 6.45) is 1.87. The van der Waals surface area contributed by atoms with Gasteiger partial charge >= 0.3 is 6.03 Å². The number of nitrogens with zero attached hydrogens (tertiary/aromatic N) is 3. The topological polar surface area (TPSA) is 50.2 Å². The molecule has 0 aliphatic heterocycles. The van der Waals surface area contributed by atoms with Crippen LogP contribution < -0.4 is 5.32 Å². The first-order valence-electron chi connectivity index (χ1n) is 8.26. The summed E-state index contributed by atoms with van der Waals surface area (Å²) in [6.45, 7) is 3.28. The minimum absolute atomic E-state index is 0.173. The summed E-state index contributed by atoms with van der Waals surface area (Å²) in [5.74, 6) is 0.553. The van der Waals surface area contributed by atoms with Crippen molar-refractivity contribution in [1.82, 2.24) is 14.7 Å². The zero-order valence-electron chi connectivity index (χ0n) is 14.5. The quantitative estimate of drug-likeness (QED) is 0.769. The summed E-state index contributed by atoms with van der Waals surface area (Å²) in [4.78, 5) is 14.0. The molecule has 25 heavy (non-hydrogen) atoms. The highest BCUT2D eigenvalue weighted by Gasteiger charge is 2.12. The van der Waals surface area contributed by atoms with Gasteiger partial charge in [0.25, 0.3) is 0 Å². The van der Waals surface area contributed by atoms with Gasteiger partial charge in [-0.15, -0.1) is 0 Å². The normalized spacial score (nSPS) is 10.5. The fourth-order valence-electron chi connectivity index (χ4n) is 2.61. The molecule has 0 spiro atoms. The summed E-state index contributed by atoms with van der Waals surface area (Å²) >= 11 is 0. The summed E-state index contributed by atoms with van der Waals surface area (Å²) in [7, 11) is 1.78. The lowest BCUT2D eigenvalue weighted by Gasteiger charge is -2.18. The fraction of sp³-hybridized carbons (Fsp3) is 0.200. The summed E-state index contributed by atoms with van der Waals surface area (Å²) in [5, 5.41) is 7.25. The van der Waals surface area contributed by atoms with Crippen molar-refractivity contribution in [2.45, 2.75) is 20.0 Å². The molecule has 0 aliphatic carbocycles. The average Bonchev–Trinajstić information content (AvgIpc) is 3.04. The Kier molecular flexibility index (Phi) is 5.14. The Balaban J connectivity index is 1.58. The first-order valence-corrected chi connectivity index (χ1v) is 8.26. The molecule has 128 valence electrons. The van der Waals surface area contributed by atoms with Gasteiger partial charge < -0.3 is 4.90 Å². The predicted molar refractivity (Wildman–Crippen MR) is 99.4 cm³/mol. The van der Waals surface area contributed by atoms with Crippen LogP contribution in [0.1, 0.15) is 16.7 Å². The molecule has 3 rings (SSSR count). The Labute approximate surface area is 147 Å². The number of hydrogen-bond acceptors (Lipinski definition) is 2. The van der Waals surface area contributed by atoms with E-state index in [0.717, 1.165) is 5.56 Å². The number of aryl methyl sites for hydroxylation is 1. The molecule has 0 saturated heterocycles. The van der Waals surface area contributed by atoms with Gasteiger partial charge in [0, 0.05) is 25.9 Å². The molecule has 2 aromatic carbocycles. The monoisotopic (exact) mass is 334 g/mol. The minimum Gasteiger partial charge on any atom is -0.323 e. The van der Waals surface area contributed by atoms with Crippen molar-refractivity contribution in [2.24, 2.45) is 0 Å². The van der Waals surface area contributed by atoms with Gasteiger partial charge in [-0.2, -0.15) is 5.10 Å². The standard InChI is InChI=1S/C20H22N4O/c1-16-8-6-7-11-18(16)15-23(2)20(25)21-19-12-13-24(22-19)14-17-9-4-3-5-10-17/h3-13H,14-15H2,1-2H3,(H,21,22,25). The first-order chi connectivity index (χ1) is 12.1. The van der Waals surface area contributed by atoms with Crippen LogP contribution in [0.25, 0.3) is 0 Å². The highest BCUT2D eigenvalue weighted by Crippen LogP contribution is 2.11. The zero-order chi connectivity index (χ0) is 17.6. The molecule has 0 saturated carbocycles. The Morgan fingerprint density at radius 3 is 2.56 bits per heavy atom. The van der Waals surface area contributed by atoms with Crippen molar-refractivity contribution >= 4 is 11.8 Å². The van der Waals surface area contributed by atoms with Crippen LogP contribution in [0, 0.1) is 6.92 Å². The van der Waals surface area contributed by atoms with E-state index in [4.69, 9.17) is 0 Å². The number of aromatic nitrogens is 2. The van der Waals surface area contributed by atoms with E-state index in [1.165, 1.54) is 11.1 Å². The number of amides is 2. The van der Waals surface area contributed by atoms with Crippen LogP contribution in [-0.2, 0) is 13.1 Å². The van der Waals surface area contributed by atoms with Gasteiger partial charge in [-0.05, 0) is 23.6 Å². The second kappa shape index (κ2) is 7.66. The molecule has 1 aromatic heterocycles. The van der Waals surface area contributed by atoms with Gasteiger partial charge in [-0.1, -0.05) is 54.6 Å². The van der Waals surface area contributed by atoms with Crippen molar-refractivity contribution in [3.63, 3.8) is 0 Å². The van der Waals surface area contributed by atoms with Crippen LogP contribution in [0.15, 0.2) is 66.9 Å². The fourth-order valence-corrected chi connectivity index (χ4v) is 2.61. The molecule has 0 unspecified atom stereocenters. The van der Waals surface area contributed by atoms with Gasteiger partial charge in [0.1, 0.15) is 0 Å². The maximum atomic E-state index is 12.4. The minimum atomic E-state index is -0.173. The van der Waals surface area contributed by atoms with Gasteiger partial charge in [-0.25, -0.2) is 4.79 Å². The molecule has 1 N–H and O–H groups in total. The van der Waals surface area contributed by atoms with Crippen molar-refractivity contribution in [1.29, 1.82) is 0 Å². The third-order valence-corrected chi connectivity index (χ3v) is 4.08. The molecule has 0 aliphatic rings. The van der Waals surface area contributed by atoms with Crippen LogP contribution >= 0.6 is 0 Å². The Hall–Kier alpha value is -3.08. The third-order valence-electron chi connectivity index (χ3n) is 4.08. The Morgan fingerprint density at radius 1 is 1.08 bits per heavy atom. The van der Waals surface area contributed by atoms with Crippen LogP contribution in [0.3, 0.4) is 0 Å². The van der Waals surface area contributed by atoms with E-state index in [9.17, 15) is 4.79 Å². The van der Waals surface area contributed by atoms with Gasteiger partial charge in [-0.3, -0.25) is 10.00 Å². The SMILES string of the molecule is Cc1ccccc1CN(C)C(=O)Nc1ccn(Cc2ccccc2)n1. The Bertz CT molecular complexity index is 842. The summed E-state index contributed by atoms with van der Waals surface area (Å²) < 4.78 is 1.81. The van der Waals surface area contributed by atoms with Crippen molar-refractivity contribution < 1.29 is 4.79 Å². The highest BCUT2D eigenvalue weighted by atomic mass is 16.2. The van der Waals surface area contributed by atoms with Crippen LogP contribution in [0.5, 0.6) is 0 Å². The van der Waals surface area contributed by atoms with Crippen LogP contribution in [0.2, 0.25) is 0 Å². The number of carbonyl (C=O) groups excluding carboxylic acids is 1. The van der Waals surface area contributed by atoms with Crippen molar-refractivity contribution in [3.8, 4) is 0 Å². The molecule has 5 nitrogen and oxygen atoms in total. The first kappa shape index (κ1) is 16.8. The third kappa shape index (κ3) is 4.47. The van der Waals surface area contributed by atoms with E-state index in [-0.39, 0.29) is 6.03 Å². The molecule has 0 radical (unpaired) electrons. The smallest absolute Gasteiger partial charge is 0.323 e. The van der Waals surface area contributed by atoms with Crippen LogP contribution in [0.4, 0.5) is 10.6 Å². The lowest BCUT2D eigenvalue weighted by molar-refractivity contribution is 0.220. The van der Waals surface area contributed by atoms with Crippen LogP contribution in [-0.4, -0.2) is 27.8 Å². The molecule has 1 heterocycles.